The number of esters is 1. The summed E-state index contributed by atoms with van der Waals surface area (Å²) < 4.78 is 5.07. The van der Waals surface area contributed by atoms with E-state index in [0.29, 0.717) is 43.8 Å². The highest BCUT2D eigenvalue weighted by molar-refractivity contribution is 7.20. The number of alkyl halides is 1. The Morgan fingerprint density at radius 3 is 2.79 bits per heavy atom. The lowest BCUT2D eigenvalue weighted by Crippen LogP contribution is -2.12. The molecule has 28 heavy (non-hydrogen) atoms. The Kier molecular flexibility index (Phi) is 6.54. The van der Waals surface area contributed by atoms with Crippen LogP contribution < -0.4 is 5.56 Å². The van der Waals surface area contributed by atoms with E-state index in [9.17, 15) is 9.59 Å². The van der Waals surface area contributed by atoms with Crippen molar-refractivity contribution in [1.29, 1.82) is 0 Å². The van der Waals surface area contributed by atoms with Crippen LogP contribution in [0, 0.1) is 6.92 Å². The second-order valence-electron chi connectivity index (χ2n) is 6.00. The number of ether oxygens (including phenoxy) is 1. The van der Waals surface area contributed by atoms with E-state index in [0.717, 1.165) is 22.5 Å². The molecule has 3 rings (SSSR count). The minimum Gasteiger partial charge on any atom is -0.462 e. The van der Waals surface area contributed by atoms with Gasteiger partial charge in [0, 0.05) is 10.9 Å². The van der Waals surface area contributed by atoms with Gasteiger partial charge in [0.05, 0.1) is 12.0 Å². The van der Waals surface area contributed by atoms with E-state index in [1.165, 1.54) is 0 Å². The molecule has 0 saturated heterocycles. The maximum Gasteiger partial charge on any atom is 0.348 e. The number of aryl methyl sites for hydroxylation is 1. The molecule has 1 N–H and O–H groups in total. The Morgan fingerprint density at radius 2 is 2.11 bits per heavy atom. The Morgan fingerprint density at radius 1 is 1.36 bits per heavy atom. The Bertz CT molecular complexity index is 1120. The van der Waals surface area contributed by atoms with E-state index in [-0.39, 0.29) is 12.2 Å². The lowest BCUT2D eigenvalue weighted by Gasteiger charge is -2.07. The van der Waals surface area contributed by atoms with Gasteiger partial charge < -0.3 is 9.72 Å². The molecule has 0 atom stereocenters. The van der Waals surface area contributed by atoms with Gasteiger partial charge in [0.1, 0.15) is 15.5 Å². The molecule has 8 heteroatoms. The topological polar surface area (TPSA) is 72.0 Å². The monoisotopic (exact) mass is 436 g/mol. The Hall–Kier alpha value is -2.15. The van der Waals surface area contributed by atoms with E-state index in [4.69, 9.17) is 27.9 Å². The van der Waals surface area contributed by atoms with Crippen molar-refractivity contribution in [2.24, 2.45) is 0 Å². The Balaban J connectivity index is 2.15. The molecule has 0 aliphatic heterocycles. The predicted octanol–water partition coefficient (Wildman–Crippen LogP) is 5.29. The molecule has 0 radical (unpaired) electrons. The second-order valence-corrected chi connectivity index (χ2v) is 7.79. The van der Waals surface area contributed by atoms with Crippen molar-refractivity contribution in [3.05, 3.63) is 61.5 Å². The van der Waals surface area contributed by atoms with Crippen LogP contribution in [0.15, 0.2) is 29.1 Å². The van der Waals surface area contributed by atoms with E-state index in [1.807, 2.05) is 24.3 Å². The number of carbonyl (C=O) groups is 1. The van der Waals surface area contributed by atoms with Gasteiger partial charge in [0.25, 0.3) is 5.56 Å². The number of hydrogen-bond donors (Lipinski definition) is 1. The van der Waals surface area contributed by atoms with Crippen molar-refractivity contribution >= 4 is 62.4 Å². The van der Waals surface area contributed by atoms with Crippen LogP contribution in [0.1, 0.15) is 40.0 Å². The molecular formula is C20H18Cl2N2O3S. The Labute approximate surface area is 176 Å². The number of hydrogen-bond acceptors (Lipinski definition) is 5. The third-order valence-electron chi connectivity index (χ3n) is 4.16. The molecule has 0 aliphatic carbocycles. The molecule has 0 saturated carbocycles. The normalized spacial score (nSPS) is 11.8. The quantitative estimate of drug-likeness (QED) is 0.420. The van der Waals surface area contributed by atoms with E-state index >= 15 is 0 Å². The summed E-state index contributed by atoms with van der Waals surface area (Å²) in [4.78, 5) is 33.1. The first-order valence-electron chi connectivity index (χ1n) is 8.68. The number of carbonyl (C=O) groups excluding carboxylic acids is 1. The molecular weight excluding hydrogens is 419 g/mol. The van der Waals surface area contributed by atoms with Gasteiger partial charge in [-0.25, -0.2) is 9.78 Å². The summed E-state index contributed by atoms with van der Waals surface area (Å²) >= 11 is 13.4. The summed E-state index contributed by atoms with van der Waals surface area (Å²) in [6, 6.07) is 7.39. The molecule has 3 aromatic rings. The zero-order chi connectivity index (χ0) is 20.3. The van der Waals surface area contributed by atoms with Crippen molar-refractivity contribution in [3.8, 4) is 0 Å². The number of nitrogens with zero attached hydrogens (tertiary/aromatic N) is 1. The number of nitrogens with one attached hydrogen (secondary N) is 1. The number of thiophene rings is 1. The van der Waals surface area contributed by atoms with Crippen molar-refractivity contribution in [2.75, 3.05) is 12.5 Å². The lowest BCUT2D eigenvalue weighted by molar-refractivity contribution is 0.0531. The molecule has 2 aromatic heterocycles. The highest BCUT2D eigenvalue weighted by atomic mass is 35.5. The summed E-state index contributed by atoms with van der Waals surface area (Å²) in [5.41, 5.74) is 1.84. The lowest BCUT2D eigenvalue weighted by atomic mass is 10.1. The fourth-order valence-corrected chi connectivity index (χ4v) is 4.30. The van der Waals surface area contributed by atoms with E-state index < -0.39 is 5.97 Å². The van der Waals surface area contributed by atoms with Gasteiger partial charge in [0.2, 0.25) is 0 Å². The van der Waals surface area contributed by atoms with Gasteiger partial charge in [-0.3, -0.25) is 4.79 Å². The smallest absolute Gasteiger partial charge is 0.348 e. The van der Waals surface area contributed by atoms with Crippen LogP contribution in [0.25, 0.3) is 21.9 Å². The van der Waals surface area contributed by atoms with Crippen molar-refractivity contribution in [3.63, 3.8) is 0 Å². The maximum absolute atomic E-state index is 12.7. The molecule has 2 heterocycles. The van der Waals surface area contributed by atoms with Crippen LogP contribution in [0.4, 0.5) is 0 Å². The third kappa shape index (κ3) is 4.14. The molecule has 0 bridgehead atoms. The number of H-pyrrole nitrogens is 1. The zero-order valence-electron chi connectivity index (χ0n) is 15.3. The van der Waals surface area contributed by atoms with Gasteiger partial charge in [-0.2, -0.15) is 0 Å². The van der Waals surface area contributed by atoms with Crippen LogP contribution in [0.3, 0.4) is 0 Å². The molecule has 0 fully saturated rings. The average molecular weight is 437 g/mol. The maximum atomic E-state index is 12.7. The molecule has 1 aromatic carbocycles. The number of fused-ring (bicyclic) bond motifs is 1. The van der Waals surface area contributed by atoms with Gasteiger partial charge in [-0.1, -0.05) is 29.8 Å². The summed E-state index contributed by atoms with van der Waals surface area (Å²) in [7, 11) is 0. The molecule has 0 aliphatic rings. The standard InChI is InChI=1S/C20H18Cl2N2O3S/c1-3-27-20(26)16-11(2)15-18(25)23-17(24-19(15)28-16)13(8-9-21)10-12-6-4-5-7-14(12)22/h4-7,10H,3,8-9H2,1-2H3,(H,23,24,25)/b13-10+. The zero-order valence-corrected chi connectivity index (χ0v) is 17.7. The third-order valence-corrected chi connectivity index (χ3v) is 5.86. The number of rotatable bonds is 6. The van der Waals surface area contributed by atoms with Crippen molar-refractivity contribution in [2.45, 2.75) is 20.3 Å². The fraction of sp³-hybridized carbons (Fsp3) is 0.250. The summed E-state index contributed by atoms with van der Waals surface area (Å²) in [6.07, 6.45) is 2.36. The number of aromatic amines is 1. The average Bonchev–Trinajstić information content (AvgIpc) is 3.00. The molecule has 0 unspecified atom stereocenters. The number of allylic oxidation sites excluding steroid dienone is 1. The van der Waals surface area contributed by atoms with E-state index in [1.54, 1.807) is 19.9 Å². The first-order valence-corrected chi connectivity index (χ1v) is 10.4. The van der Waals surface area contributed by atoms with Crippen LogP contribution >= 0.6 is 34.5 Å². The second kappa shape index (κ2) is 8.90. The molecule has 0 spiro atoms. The molecule has 146 valence electrons. The van der Waals surface area contributed by atoms with Crippen LogP contribution in [0.2, 0.25) is 5.02 Å². The first kappa shape index (κ1) is 20.6. The first-order chi connectivity index (χ1) is 13.5. The largest absolute Gasteiger partial charge is 0.462 e. The summed E-state index contributed by atoms with van der Waals surface area (Å²) in [6.45, 7) is 3.73. The SMILES string of the molecule is CCOC(=O)c1sc2nc(/C(=C/c3ccccc3Cl)CCCl)[nH]c(=O)c2c1C. The van der Waals surface area contributed by atoms with Crippen LogP contribution in [0.5, 0.6) is 0 Å². The minimum atomic E-state index is -0.448. The van der Waals surface area contributed by atoms with Gasteiger partial charge >= 0.3 is 5.97 Å². The summed E-state index contributed by atoms with van der Waals surface area (Å²) in [5, 5.41) is 0.995. The van der Waals surface area contributed by atoms with Crippen molar-refractivity contribution < 1.29 is 9.53 Å². The van der Waals surface area contributed by atoms with Gasteiger partial charge in [-0.15, -0.1) is 22.9 Å². The highest BCUT2D eigenvalue weighted by Gasteiger charge is 2.20. The van der Waals surface area contributed by atoms with E-state index in [2.05, 4.69) is 9.97 Å². The molecule has 0 amide bonds. The number of aromatic nitrogens is 2. The van der Waals surface area contributed by atoms with Crippen LogP contribution in [-0.2, 0) is 4.74 Å². The van der Waals surface area contributed by atoms with Gasteiger partial charge in [0.15, 0.2) is 0 Å². The fourth-order valence-electron chi connectivity index (χ4n) is 2.83. The van der Waals surface area contributed by atoms with Crippen LogP contribution in [-0.4, -0.2) is 28.4 Å². The van der Waals surface area contributed by atoms with Crippen molar-refractivity contribution in [1.82, 2.24) is 9.97 Å². The number of benzene rings is 1. The highest BCUT2D eigenvalue weighted by Crippen LogP contribution is 2.30. The minimum absolute atomic E-state index is 0.266. The number of halogens is 2. The predicted molar refractivity (Wildman–Crippen MR) is 116 cm³/mol. The van der Waals surface area contributed by atoms with Gasteiger partial charge in [-0.05, 0) is 49.1 Å². The molecule has 5 nitrogen and oxygen atoms in total. The summed E-state index contributed by atoms with van der Waals surface area (Å²) in [5.74, 6) is 0.321.